The third-order valence-corrected chi connectivity index (χ3v) is 3.27. The van der Waals surface area contributed by atoms with Gasteiger partial charge in [-0.1, -0.05) is 0 Å². The highest BCUT2D eigenvalue weighted by atomic mass is 16.6. The van der Waals surface area contributed by atoms with E-state index in [0.717, 1.165) is 0 Å². The van der Waals surface area contributed by atoms with Gasteiger partial charge in [0.2, 0.25) is 0 Å². The van der Waals surface area contributed by atoms with Crippen molar-refractivity contribution < 1.29 is 24.5 Å². The minimum absolute atomic E-state index is 0.0675. The van der Waals surface area contributed by atoms with Gasteiger partial charge in [-0.2, -0.15) is 0 Å². The average molecular weight is 322 g/mol. The van der Waals surface area contributed by atoms with E-state index in [1.165, 1.54) is 18.2 Å². The lowest BCUT2D eigenvalue weighted by Crippen LogP contribution is -2.46. The van der Waals surface area contributed by atoms with E-state index in [1.807, 2.05) is 0 Å². The Morgan fingerprint density at radius 1 is 1.22 bits per heavy atom. The molecule has 4 N–H and O–H groups in total. The molecule has 2 amide bonds. The summed E-state index contributed by atoms with van der Waals surface area (Å²) in [6.07, 6.45) is 0.00618. The van der Waals surface area contributed by atoms with E-state index in [9.17, 15) is 19.8 Å². The van der Waals surface area contributed by atoms with Gasteiger partial charge in [-0.25, -0.2) is 4.79 Å². The Morgan fingerprint density at radius 3 is 2.43 bits per heavy atom. The number of rotatable bonds is 3. The number of hydrogen-bond donors (Lipinski definition) is 4. The third-order valence-electron chi connectivity index (χ3n) is 3.27. The molecule has 0 heterocycles. The molecule has 1 aliphatic rings. The Bertz CT molecular complexity index is 603. The van der Waals surface area contributed by atoms with E-state index >= 15 is 0 Å². The number of benzene rings is 1. The summed E-state index contributed by atoms with van der Waals surface area (Å²) in [5.74, 6) is -0.512. The molecule has 23 heavy (non-hydrogen) atoms. The lowest BCUT2D eigenvalue weighted by Gasteiger charge is -2.31. The van der Waals surface area contributed by atoms with Crippen molar-refractivity contribution in [2.45, 2.75) is 51.4 Å². The predicted molar refractivity (Wildman–Crippen MR) is 84.5 cm³/mol. The van der Waals surface area contributed by atoms with Crippen LogP contribution in [0.4, 0.5) is 10.5 Å². The number of aromatic hydroxyl groups is 1. The van der Waals surface area contributed by atoms with Crippen LogP contribution in [0.3, 0.4) is 0 Å². The minimum atomic E-state index is -0.670. The summed E-state index contributed by atoms with van der Waals surface area (Å²) >= 11 is 0. The maximum Gasteiger partial charge on any atom is 0.412 e. The molecule has 0 saturated heterocycles. The van der Waals surface area contributed by atoms with Crippen molar-refractivity contribution in [1.82, 2.24) is 5.32 Å². The second kappa shape index (κ2) is 6.45. The quantitative estimate of drug-likeness (QED) is 0.681. The fourth-order valence-corrected chi connectivity index (χ4v) is 2.21. The fraction of sp³-hybridized carbons (Fsp3) is 0.500. The van der Waals surface area contributed by atoms with Crippen molar-refractivity contribution in [1.29, 1.82) is 0 Å². The lowest BCUT2D eigenvalue weighted by molar-refractivity contribution is 0.0560. The molecule has 7 nitrogen and oxygen atoms in total. The molecule has 1 fully saturated rings. The van der Waals surface area contributed by atoms with Crippen LogP contribution in [0.15, 0.2) is 18.2 Å². The summed E-state index contributed by atoms with van der Waals surface area (Å²) < 4.78 is 5.12. The third kappa shape index (κ3) is 5.14. The molecule has 0 aromatic heterocycles. The molecular weight excluding hydrogens is 300 g/mol. The number of amides is 2. The second-order valence-corrected chi connectivity index (χ2v) is 6.69. The van der Waals surface area contributed by atoms with Gasteiger partial charge in [0.25, 0.3) is 5.91 Å². The summed E-state index contributed by atoms with van der Waals surface area (Å²) in [5.41, 5.74) is -0.165. The summed E-state index contributed by atoms with van der Waals surface area (Å²) in [5, 5.41) is 24.2. The number of aliphatic hydroxyl groups is 1. The molecule has 0 radical (unpaired) electrons. The van der Waals surface area contributed by atoms with Gasteiger partial charge < -0.3 is 20.3 Å². The van der Waals surface area contributed by atoms with Gasteiger partial charge in [0.1, 0.15) is 11.4 Å². The molecular formula is C16H22N2O5. The highest BCUT2D eigenvalue weighted by molar-refractivity contribution is 5.97. The van der Waals surface area contributed by atoms with E-state index in [1.54, 1.807) is 20.8 Å². The van der Waals surface area contributed by atoms with Crippen molar-refractivity contribution in [2.75, 3.05) is 5.32 Å². The van der Waals surface area contributed by atoms with Gasteiger partial charge in [0.15, 0.2) is 0 Å². The van der Waals surface area contributed by atoms with E-state index in [2.05, 4.69) is 10.6 Å². The number of carbonyl (C=O) groups is 2. The molecule has 2 rings (SSSR count). The van der Waals surface area contributed by atoms with Crippen molar-refractivity contribution in [3.05, 3.63) is 23.8 Å². The zero-order valence-corrected chi connectivity index (χ0v) is 13.4. The number of phenols is 1. The Hall–Kier alpha value is -2.28. The monoisotopic (exact) mass is 322 g/mol. The molecule has 1 saturated carbocycles. The van der Waals surface area contributed by atoms with Crippen molar-refractivity contribution >= 4 is 17.7 Å². The van der Waals surface area contributed by atoms with Gasteiger partial charge in [-0.15, -0.1) is 0 Å². The van der Waals surface area contributed by atoms with E-state index in [0.29, 0.717) is 12.8 Å². The molecule has 126 valence electrons. The fourth-order valence-electron chi connectivity index (χ4n) is 2.21. The highest BCUT2D eigenvalue weighted by Gasteiger charge is 2.28. The van der Waals surface area contributed by atoms with Gasteiger partial charge in [0.05, 0.1) is 6.10 Å². The zero-order valence-electron chi connectivity index (χ0n) is 13.4. The minimum Gasteiger partial charge on any atom is -0.508 e. The maximum absolute atomic E-state index is 12.1. The van der Waals surface area contributed by atoms with Crippen molar-refractivity contribution in [3.63, 3.8) is 0 Å². The Kier molecular flexibility index (Phi) is 4.79. The van der Waals surface area contributed by atoms with Gasteiger partial charge in [-0.3, -0.25) is 10.1 Å². The molecule has 7 heteroatoms. The Labute approximate surface area is 134 Å². The Balaban J connectivity index is 2.03. The number of hydrogen-bond acceptors (Lipinski definition) is 5. The van der Waals surface area contributed by atoms with Crippen LogP contribution >= 0.6 is 0 Å². The van der Waals surface area contributed by atoms with Crippen LogP contribution in [-0.2, 0) is 4.74 Å². The lowest BCUT2D eigenvalue weighted by atomic mass is 9.89. The van der Waals surface area contributed by atoms with E-state index < -0.39 is 11.7 Å². The van der Waals surface area contributed by atoms with Crippen LogP contribution in [0.1, 0.15) is 44.0 Å². The molecule has 1 aliphatic carbocycles. The first-order valence-electron chi connectivity index (χ1n) is 7.45. The zero-order chi connectivity index (χ0) is 17.2. The van der Waals surface area contributed by atoms with Crippen molar-refractivity contribution in [2.24, 2.45) is 0 Å². The molecule has 0 bridgehead atoms. The standard InChI is InChI=1S/C16H22N2O5/c1-16(2,3)23-15(22)18-10-4-9(5-12(19)6-10)14(21)17-11-7-13(20)8-11/h4-6,11,13,19-20H,7-8H2,1-3H3,(H,17,21)(H,18,22). The number of ether oxygens (including phenoxy) is 1. The summed E-state index contributed by atoms with van der Waals surface area (Å²) in [6.45, 7) is 5.21. The first kappa shape index (κ1) is 17.1. The van der Waals surface area contributed by atoms with E-state index in [4.69, 9.17) is 4.74 Å². The van der Waals surface area contributed by atoms with Crippen LogP contribution in [0.5, 0.6) is 5.75 Å². The number of aliphatic hydroxyl groups excluding tert-OH is 1. The second-order valence-electron chi connectivity index (χ2n) is 6.69. The molecule has 1 aromatic carbocycles. The van der Waals surface area contributed by atoms with Gasteiger partial charge in [-0.05, 0) is 45.7 Å². The SMILES string of the molecule is CC(C)(C)OC(=O)Nc1cc(O)cc(C(=O)NC2CC(O)C2)c1. The Morgan fingerprint density at radius 2 is 1.87 bits per heavy atom. The van der Waals surface area contributed by atoms with Gasteiger partial charge in [0, 0.05) is 23.4 Å². The summed E-state index contributed by atoms with van der Waals surface area (Å²) in [6, 6.07) is 4.02. The number of carbonyl (C=O) groups excluding carboxylic acids is 2. The predicted octanol–water partition coefficient (Wildman–Crippen LogP) is 1.99. The van der Waals surface area contributed by atoms with Crippen LogP contribution in [0.2, 0.25) is 0 Å². The number of anilines is 1. The van der Waals surface area contributed by atoms with Crippen molar-refractivity contribution in [3.8, 4) is 5.75 Å². The average Bonchev–Trinajstić information content (AvgIpc) is 2.33. The van der Waals surface area contributed by atoms with Gasteiger partial charge >= 0.3 is 6.09 Å². The van der Waals surface area contributed by atoms with E-state index in [-0.39, 0.29) is 35.1 Å². The maximum atomic E-state index is 12.1. The normalized spacial score (nSPS) is 20.3. The van der Waals surface area contributed by atoms with Crippen LogP contribution in [-0.4, -0.2) is 40.0 Å². The summed E-state index contributed by atoms with van der Waals surface area (Å²) in [4.78, 5) is 23.9. The molecule has 0 aliphatic heterocycles. The molecule has 0 atom stereocenters. The summed E-state index contributed by atoms with van der Waals surface area (Å²) in [7, 11) is 0. The first-order chi connectivity index (χ1) is 10.6. The van der Waals surface area contributed by atoms with Crippen LogP contribution < -0.4 is 10.6 Å². The van der Waals surface area contributed by atoms with Crippen LogP contribution in [0.25, 0.3) is 0 Å². The topological polar surface area (TPSA) is 108 Å². The highest BCUT2D eigenvalue weighted by Crippen LogP contribution is 2.23. The molecule has 0 spiro atoms. The molecule has 0 unspecified atom stereocenters. The molecule has 1 aromatic rings. The first-order valence-corrected chi connectivity index (χ1v) is 7.45. The van der Waals surface area contributed by atoms with Crippen LogP contribution in [0, 0.1) is 0 Å². The smallest absolute Gasteiger partial charge is 0.412 e. The number of nitrogens with one attached hydrogen (secondary N) is 2. The largest absolute Gasteiger partial charge is 0.508 e. The number of phenolic OH excluding ortho intramolecular Hbond substituents is 1.